The maximum Gasteiger partial charge on any atom is 0.353 e. The normalized spacial score (nSPS) is 11.3. The van der Waals surface area contributed by atoms with Gasteiger partial charge in [0.1, 0.15) is 17.0 Å². The van der Waals surface area contributed by atoms with Crippen molar-refractivity contribution in [3.8, 4) is 0 Å². The van der Waals surface area contributed by atoms with Gasteiger partial charge in [0.15, 0.2) is 0 Å². The predicted molar refractivity (Wildman–Crippen MR) is 107 cm³/mol. The molecule has 1 aromatic carbocycles. The molecule has 30 heavy (non-hydrogen) atoms. The topological polar surface area (TPSA) is 123 Å². The second-order valence-corrected chi connectivity index (χ2v) is 7.76. The van der Waals surface area contributed by atoms with Crippen LogP contribution in [0.3, 0.4) is 0 Å². The van der Waals surface area contributed by atoms with Crippen molar-refractivity contribution in [2.24, 2.45) is 0 Å². The smallest absolute Gasteiger partial charge is 0.353 e. The van der Waals surface area contributed by atoms with Gasteiger partial charge in [-0.2, -0.15) is 0 Å². The van der Waals surface area contributed by atoms with Crippen molar-refractivity contribution in [3.05, 3.63) is 64.7 Å². The second kappa shape index (κ2) is 7.94. The zero-order chi connectivity index (χ0) is 22.1. The Morgan fingerprint density at radius 1 is 1.20 bits per heavy atom. The highest BCUT2D eigenvalue weighted by Crippen LogP contribution is 2.17. The lowest BCUT2D eigenvalue weighted by atomic mass is 10.0. The molecule has 9 nitrogen and oxygen atoms in total. The number of hydrogen-bond acceptors (Lipinski definition) is 6. The van der Waals surface area contributed by atoms with Crippen molar-refractivity contribution in [2.45, 2.75) is 39.8 Å². The molecule has 0 aliphatic carbocycles. The summed E-state index contributed by atoms with van der Waals surface area (Å²) in [5.74, 6) is -2.01. The Labute approximate surface area is 172 Å². The quantitative estimate of drug-likeness (QED) is 0.620. The highest BCUT2D eigenvalue weighted by Gasteiger charge is 2.20. The number of carbonyl (C=O) groups is 3. The number of imidazole rings is 1. The number of carboxylic acid groups (broad SMARTS) is 1. The number of nitrogens with zero attached hydrogens (tertiary/aromatic N) is 3. The summed E-state index contributed by atoms with van der Waals surface area (Å²) in [6.07, 6.45) is 2.87. The van der Waals surface area contributed by atoms with Crippen LogP contribution in [0.1, 0.15) is 63.2 Å². The van der Waals surface area contributed by atoms with E-state index in [2.05, 4.69) is 15.3 Å². The van der Waals surface area contributed by atoms with Gasteiger partial charge in [0, 0.05) is 25.0 Å². The number of carbonyl (C=O) groups excluding carboxylic acids is 2. The molecule has 0 fully saturated rings. The number of nitrogens with one attached hydrogen (secondary N) is 1. The van der Waals surface area contributed by atoms with E-state index in [0.29, 0.717) is 5.56 Å². The minimum atomic E-state index is -1.19. The molecule has 0 radical (unpaired) electrons. The first-order valence-electron chi connectivity index (χ1n) is 9.23. The average Bonchev–Trinajstić information content (AvgIpc) is 3.12. The van der Waals surface area contributed by atoms with Crippen molar-refractivity contribution >= 4 is 23.6 Å². The lowest BCUT2D eigenvalue weighted by Gasteiger charge is -2.20. The largest absolute Gasteiger partial charge is 0.477 e. The molecule has 0 aliphatic rings. The Hall–Kier alpha value is -3.75. The minimum Gasteiger partial charge on any atom is -0.477 e. The van der Waals surface area contributed by atoms with Crippen LogP contribution < -0.4 is 5.32 Å². The van der Waals surface area contributed by atoms with Gasteiger partial charge in [-0.15, -0.1) is 0 Å². The predicted octanol–water partition coefficient (Wildman–Crippen LogP) is 2.62. The molecule has 156 valence electrons. The second-order valence-electron chi connectivity index (χ2n) is 7.76. The molecule has 0 atom stereocenters. The lowest BCUT2D eigenvalue weighted by Crippen LogP contribution is -2.25. The van der Waals surface area contributed by atoms with E-state index in [4.69, 9.17) is 4.74 Å². The molecule has 1 amide bonds. The Morgan fingerprint density at radius 2 is 1.93 bits per heavy atom. The van der Waals surface area contributed by atoms with E-state index in [0.717, 1.165) is 11.1 Å². The standard InChI is InChI=1S/C21H22N4O5/c1-12-9-13(5-6-14(12)19(29)30-21(2,3)4)11-23-17(26)15-10-16(18(27)28)25-8-7-22-20(25)24-15/h5-10H,11H2,1-4H3,(H,23,26)(H,27,28). The molecule has 2 heterocycles. The summed E-state index contributed by atoms with van der Waals surface area (Å²) in [4.78, 5) is 44.2. The summed E-state index contributed by atoms with van der Waals surface area (Å²) in [5, 5.41) is 12.0. The molecule has 9 heteroatoms. The van der Waals surface area contributed by atoms with Crippen LogP contribution in [0.5, 0.6) is 0 Å². The van der Waals surface area contributed by atoms with E-state index >= 15 is 0 Å². The monoisotopic (exact) mass is 410 g/mol. The third-order valence-electron chi connectivity index (χ3n) is 4.19. The average molecular weight is 410 g/mol. The summed E-state index contributed by atoms with van der Waals surface area (Å²) in [6, 6.07) is 6.36. The molecular formula is C21H22N4O5. The van der Waals surface area contributed by atoms with E-state index in [9.17, 15) is 19.5 Å². The van der Waals surface area contributed by atoms with Gasteiger partial charge >= 0.3 is 11.9 Å². The zero-order valence-corrected chi connectivity index (χ0v) is 17.1. The molecule has 0 bridgehead atoms. The number of ether oxygens (including phenoxy) is 1. The summed E-state index contributed by atoms with van der Waals surface area (Å²) >= 11 is 0. The van der Waals surface area contributed by atoms with Gasteiger partial charge in [-0.25, -0.2) is 19.6 Å². The molecule has 0 saturated heterocycles. The molecule has 2 aromatic heterocycles. The molecule has 0 spiro atoms. The number of rotatable bonds is 5. The van der Waals surface area contributed by atoms with E-state index < -0.39 is 23.4 Å². The number of esters is 1. The number of aryl methyl sites for hydroxylation is 1. The number of aromatic nitrogens is 3. The number of benzene rings is 1. The first-order chi connectivity index (χ1) is 14.0. The summed E-state index contributed by atoms with van der Waals surface area (Å²) in [5.41, 5.74) is 1.20. The van der Waals surface area contributed by atoms with Gasteiger partial charge in [0.05, 0.1) is 5.56 Å². The van der Waals surface area contributed by atoms with Crippen LogP contribution >= 0.6 is 0 Å². The fourth-order valence-electron chi connectivity index (χ4n) is 2.86. The molecule has 0 saturated carbocycles. The van der Waals surface area contributed by atoms with E-state index in [1.807, 2.05) is 0 Å². The Kier molecular flexibility index (Phi) is 5.55. The first kappa shape index (κ1) is 21.0. The van der Waals surface area contributed by atoms with Gasteiger partial charge in [0.2, 0.25) is 5.78 Å². The van der Waals surface area contributed by atoms with Crippen LogP contribution in [0.2, 0.25) is 0 Å². The van der Waals surface area contributed by atoms with Gasteiger partial charge in [0.25, 0.3) is 5.91 Å². The number of hydrogen-bond donors (Lipinski definition) is 2. The van der Waals surface area contributed by atoms with Gasteiger partial charge in [-0.3, -0.25) is 9.20 Å². The molecule has 0 aliphatic heterocycles. The number of fused-ring (bicyclic) bond motifs is 1. The highest BCUT2D eigenvalue weighted by molar-refractivity contribution is 5.96. The van der Waals surface area contributed by atoms with Crippen LogP contribution in [0, 0.1) is 6.92 Å². The number of carboxylic acids is 1. The van der Waals surface area contributed by atoms with Crippen LogP contribution in [0.4, 0.5) is 0 Å². The Balaban J connectivity index is 1.73. The molecule has 3 aromatic rings. The van der Waals surface area contributed by atoms with Crippen molar-refractivity contribution in [1.29, 1.82) is 0 Å². The Bertz CT molecular complexity index is 1140. The first-order valence-corrected chi connectivity index (χ1v) is 9.23. The third kappa shape index (κ3) is 4.62. The highest BCUT2D eigenvalue weighted by atomic mass is 16.6. The van der Waals surface area contributed by atoms with Crippen LogP contribution in [-0.2, 0) is 11.3 Å². The lowest BCUT2D eigenvalue weighted by molar-refractivity contribution is 0.00684. The van der Waals surface area contributed by atoms with Crippen LogP contribution in [0.15, 0.2) is 36.7 Å². The van der Waals surface area contributed by atoms with Crippen molar-refractivity contribution in [2.75, 3.05) is 0 Å². The van der Waals surface area contributed by atoms with E-state index in [1.54, 1.807) is 45.9 Å². The van der Waals surface area contributed by atoms with Crippen molar-refractivity contribution < 1.29 is 24.2 Å². The molecular weight excluding hydrogens is 388 g/mol. The maximum atomic E-state index is 12.5. The van der Waals surface area contributed by atoms with E-state index in [1.165, 1.54) is 22.9 Å². The van der Waals surface area contributed by atoms with Gasteiger partial charge in [-0.05, 0) is 44.9 Å². The summed E-state index contributed by atoms with van der Waals surface area (Å²) < 4.78 is 6.68. The SMILES string of the molecule is Cc1cc(CNC(=O)c2cc(C(=O)O)n3ccnc3n2)ccc1C(=O)OC(C)(C)C. The fraction of sp³-hybridized carbons (Fsp3) is 0.286. The molecule has 2 N–H and O–H groups in total. The zero-order valence-electron chi connectivity index (χ0n) is 17.1. The number of aromatic carboxylic acids is 1. The summed E-state index contributed by atoms with van der Waals surface area (Å²) in [7, 11) is 0. The Morgan fingerprint density at radius 3 is 2.57 bits per heavy atom. The number of amides is 1. The van der Waals surface area contributed by atoms with Crippen LogP contribution in [-0.4, -0.2) is 42.9 Å². The maximum absolute atomic E-state index is 12.5. The van der Waals surface area contributed by atoms with Crippen LogP contribution in [0.25, 0.3) is 5.78 Å². The third-order valence-corrected chi connectivity index (χ3v) is 4.19. The van der Waals surface area contributed by atoms with Crippen molar-refractivity contribution in [1.82, 2.24) is 19.7 Å². The molecule has 0 unspecified atom stereocenters. The van der Waals surface area contributed by atoms with Gasteiger partial charge < -0.3 is 15.2 Å². The minimum absolute atomic E-state index is 0.0480. The molecule has 3 rings (SSSR count). The van der Waals surface area contributed by atoms with E-state index in [-0.39, 0.29) is 23.7 Å². The summed E-state index contributed by atoms with van der Waals surface area (Å²) in [6.45, 7) is 7.37. The van der Waals surface area contributed by atoms with Gasteiger partial charge in [-0.1, -0.05) is 12.1 Å². The van der Waals surface area contributed by atoms with Crippen molar-refractivity contribution in [3.63, 3.8) is 0 Å². The fourth-order valence-corrected chi connectivity index (χ4v) is 2.86.